The van der Waals surface area contributed by atoms with Crippen molar-refractivity contribution < 1.29 is 4.79 Å². The van der Waals surface area contributed by atoms with Gasteiger partial charge in [-0.15, -0.1) is 11.3 Å². The Kier molecular flexibility index (Phi) is 3.67. The summed E-state index contributed by atoms with van der Waals surface area (Å²) in [5.41, 5.74) is 0. The fraction of sp³-hybridized carbons (Fsp3) is 0.308. The van der Waals surface area contributed by atoms with Gasteiger partial charge in [-0.25, -0.2) is 0 Å². The molecule has 2 N–H and O–H groups in total. The van der Waals surface area contributed by atoms with Crippen LogP contribution in [0.1, 0.15) is 16.1 Å². The van der Waals surface area contributed by atoms with Crippen LogP contribution in [-0.2, 0) is 0 Å². The maximum Gasteiger partial charge on any atom is 0.261 e. The fourth-order valence-corrected chi connectivity index (χ4v) is 3.91. The number of carbonyl (C=O) groups is 1. The van der Waals surface area contributed by atoms with Gasteiger partial charge in [-0.3, -0.25) is 4.79 Å². The number of hydrogen-bond acceptors (Lipinski definition) is 3. The van der Waals surface area contributed by atoms with E-state index in [1.807, 2.05) is 12.1 Å². The highest BCUT2D eigenvalue weighted by atomic mass is 35.5. The molecule has 0 bridgehead atoms. The minimum absolute atomic E-state index is 0.0397. The lowest BCUT2D eigenvalue weighted by atomic mass is 10.2. The highest BCUT2D eigenvalue weighted by Gasteiger charge is 2.19. The van der Waals surface area contributed by atoms with E-state index in [1.165, 1.54) is 11.3 Å². The predicted molar refractivity (Wildman–Crippen MR) is 80.6 cm³/mol. The van der Waals surface area contributed by atoms with Crippen LogP contribution in [0.15, 0.2) is 18.2 Å². The van der Waals surface area contributed by atoms with E-state index in [9.17, 15) is 4.79 Å². The van der Waals surface area contributed by atoms with Gasteiger partial charge in [-0.2, -0.15) is 0 Å². The van der Waals surface area contributed by atoms with Crippen molar-refractivity contribution in [3.8, 4) is 0 Å². The summed E-state index contributed by atoms with van der Waals surface area (Å²) >= 11 is 13.5. The molecule has 6 heteroatoms. The molecule has 0 saturated carbocycles. The molecule has 1 aliphatic heterocycles. The first-order valence-corrected chi connectivity index (χ1v) is 7.61. The van der Waals surface area contributed by atoms with Crippen LogP contribution in [0.25, 0.3) is 10.1 Å². The van der Waals surface area contributed by atoms with E-state index >= 15 is 0 Å². The van der Waals surface area contributed by atoms with Crippen molar-refractivity contribution in [2.45, 2.75) is 12.5 Å². The number of thiophene rings is 1. The molecule has 19 heavy (non-hydrogen) atoms. The van der Waals surface area contributed by atoms with Gasteiger partial charge in [0.1, 0.15) is 0 Å². The van der Waals surface area contributed by atoms with Crippen molar-refractivity contribution in [1.82, 2.24) is 10.6 Å². The summed E-state index contributed by atoms with van der Waals surface area (Å²) in [4.78, 5) is 12.8. The van der Waals surface area contributed by atoms with Crippen LogP contribution in [0.3, 0.4) is 0 Å². The monoisotopic (exact) mass is 314 g/mol. The quantitative estimate of drug-likeness (QED) is 0.893. The van der Waals surface area contributed by atoms with E-state index in [-0.39, 0.29) is 11.9 Å². The molecule has 0 aliphatic carbocycles. The van der Waals surface area contributed by atoms with Gasteiger partial charge in [0.2, 0.25) is 0 Å². The number of nitrogens with one attached hydrogen (secondary N) is 2. The van der Waals surface area contributed by atoms with E-state index in [2.05, 4.69) is 10.6 Å². The third kappa shape index (κ3) is 2.72. The molecule has 0 unspecified atom stereocenters. The average Bonchev–Trinajstić information content (AvgIpc) is 2.97. The number of hydrogen-bond donors (Lipinski definition) is 2. The van der Waals surface area contributed by atoms with E-state index in [4.69, 9.17) is 23.2 Å². The predicted octanol–water partition coefficient (Wildman–Crippen LogP) is 3.30. The van der Waals surface area contributed by atoms with Gasteiger partial charge in [-0.1, -0.05) is 23.2 Å². The molecule has 0 spiro atoms. The molecule has 2 aromatic rings. The molecular weight excluding hydrogens is 303 g/mol. The van der Waals surface area contributed by atoms with Crippen LogP contribution in [0, 0.1) is 0 Å². The fourth-order valence-electron chi connectivity index (χ4n) is 2.21. The SMILES string of the molecule is O=C(N[C@@H]1CCNC1)c1cc2c(Cl)cc(Cl)cc2s1. The number of benzene rings is 1. The normalized spacial score (nSPS) is 18.9. The van der Waals surface area contributed by atoms with Crippen molar-refractivity contribution in [3.63, 3.8) is 0 Å². The lowest BCUT2D eigenvalue weighted by Crippen LogP contribution is -2.35. The number of halogens is 2. The molecule has 1 fully saturated rings. The molecule has 1 aromatic heterocycles. The van der Waals surface area contributed by atoms with Gasteiger partial charge in [0.15, 0.2) is 0 Å². The van der Waals surface area contributed by atoms with Crippen molar-refractivity contribution in [3.05, 3.63) is 33.1 Å². The van der Waals surface area contributed by atoms with Gasteiger partial charge >= 0.3 is 0 Å². The summed E-state index contributed by atoms with van der Waals surface area (Å²) in [5.74, 6) is -0.0397. The summed E-state index contributed by atoms with van der Waals surface area (Å²) in [6.45, 7) is 1.79. The first-order chi connectivity index (χ1) is 9.13. The molecule has 1 saturated heterocycles. The van der Waals surface area contributed by atoms with Crippen LogP contribution in [0.2, 0.25) is 10.0 Å². The smallest absolute Gasteiger partial charge is 0.261 e. The molecule has 2 heterocycles. The summed E-state index contributed by atoms with van der Waals surface area (Å²) in [5, 5.41) is 8.30. The van der Waals surface area contributed by atoms with Gasteiger partial charge in [0.05, 0.1) is 9.90 Å². The van der Waals surface area contributed by atoms with Gasteiger partial charge in [0.25, 0.3) is 5.91 Å². The minimum Gasteiger partial charge on any atom is -0.347 e. The second-order valence-electron chi connectivity index (χ2n) is 4.57. The zero-order chi connectivity index (χ0) is 13.4. The minimum atomic E-state index is -0.0397. The topological polar surface area (TPSA) is 41.1 Å². The first-order valence-electron chi connectivity index (χ1n) is 6.03. The number of amides is 1. The zero-order valence-electron chi connectivity index (χ0n) is 10.0. The Morgan fingerprint density at radius 2 is 2.21 bits per heavy atom. The summed E-state index contributed by atoms with van der Waals surface area (Å²) in [7, 11) is 0. The van der Waals surface area contributed by atoms with E-state index in [0.29, 0.717) is 14.9 Å². The second-order valence-corrected chi connectivity index (χ2v) is 6.50. The Morgan fingerprint density at radius 1 is 1.37 bits per heavy atom. The van der Waals surface area contributed by atoms with E-state index < -0.39 is 0 Å². The highest BCUT2D eigenvalue weighted by Crippen LogP contribution is 2.34. The maximum absolute atomic E-state index is 12.2. The number of rotatable bonds is 2. The second kappa shape index (κ2) is 5.29. The van der Waals surface area contributed by atoms with Crippen LogP contribution in [0.4, 0.5) is 0 Å². The van der Waals surface area contributed by atoms with Crippen LogP contribution in [-0.4, -0.2) is 25.0 Å². The number of fused-ring (bicyclic) bond motifs is 1. The molecule has 100 valence electrons. The van der Waals surface area contributed by atoms with Crippen molar-refractivity contribution in [2.24, 2.45) is 0 Å². The van der Waals surface area contributed by atoms with Crippen LogP contribution < -0.4 is 10.6 Å². The molecular formula is C13H12Cl2N2OS. The Labute approximate surface area is 124 Å². The largest absolute Gasteiger partial charge is 0.347 e. The van der Waals surface area contributed by atoms with E-state index in [0.717, 1.165) is 29.6 Å². The first kappa shape index (κ1) is 13.2. The zero-order valence-corrected chi connectivity index (χ0v) is 12.3. The van der Waals surface area contributed by atoms with Crippen LogP contribution in [0.5, 0.6) is 0 Å². The molecule has 3 nitrogen and oxygen atoms in total. The molecule has 3 rings (SSSR count). The molecule has 1 aromatic carbocycles. The van der Waals surface area contributed by atoms with Gasteiger partial charge < -0.3 is 10.6 Å². The Morgan fingerprint density at radius 3 is 2.95 bits per heavy atom. The van der Waals surface area contributed by atoms with Crippen molar-refractivity contribution in [2.75, 3.05) is 13.1 Å². The van der Waals surface area contributed by atoms with Crippen molar-refractivity contribution >= 4 is 50.5 Å². The van der Waals surface area contributed by atoms with Gasteiger partial charge in [0, 0.05) is 27.7 Å². The summed E-state index contributed by atoms with van der Waals surface area (Å²) in [6, 6.07) is 5.58. The highest BCUT2D eigenvalue weighted by molar-refractivity contribution is 7.21. The summed E-state index contributed by atoms with van der Waals surface area (Å²) in [6.07, 6.45) is 0.975. The van der Waals surface area contributed by atoms with Crippen molar-refractivity contribution in [1.29, 1.82) is 0 Å². The lowest BCUT2D eigenvalue weighted by molar-refractivity contribution is 0.0944. The maximum atomic E-state index is 12.2. The molecule has 1 atom stereocenters. The average molecular weight is 315 g/mol. The number of carbonyl (C=O) groups excluding carboxylic acids is 1. The lowest BCUT2D eigenvalue weighted by Gasteiger charge is -2.09. The summed E-state index contributed by atoms with van der Waals surface area (Å²) < 4.78 is 0.937. The molecule has 1 aliphatic rings. The third-order valence-corrected chi connectivity index (χ3v) is 4.78. The third-order valence-electron chi connectivity index (χ3n) is 3.17. The standard InChI is InChI=1S/C13H12Cl2N2OS/c14-7-3-10(15)9-5-12(19-11(9)4-7)13(18)17-8-1-2-16-6-8/h3-5,8,16H,1-2,6H2,(H,17,18)/t8-/m1/s1. The van der Waals surface area contributed by atoms with E-state index in [1.54, 1.807) is 6.07 Å². The Balaban J connectivity index is 1.88. The van der Waals surface area contributed by atoms with Gasteiger partial charge in [-0.05, 0) is 31.2 Å². The Hall–Kier alpha value is -0.810. The van der Waals surface area contributed by atoms with Crippen LogP contribution >= 0.6 is 34.5 Å². The molecule has 1 amide bonds. The molecule has 0 radical (unpaired) electrons. The Bertz CT molecular complexity index is 635.